The Morgan fingerprint density at radius 3 is 2.59 bits per heavy atom. The van der Waals surface area contributed by atoms with Gasteiger partial charge in [0, 0.05) is 12.3 Å². The average Bonchev–Trinajstić information content (AvgIpc) is 2.15. The molecule has 17 heavy (non-hydrogen) atoms. The maximum absolute atomic E-state index is 11.0. The van der Waals surface area contributed by atoms with Crippen LogP contribution in [0.25, 0.3) is 0 Å². The molecule has 1 heterocycles. The van der Waals surface area contributed by atoms with Gasteiger partial charge in [0.15, 0.2) is 0 Å². The Kier molecular flexibility index (Phi) is 4.06. The highest BCUT2D eigenvalue weighted by atomic mass is 32.2. The van der Waals surface area contributed by atoms with Crippen molar-refractivity contribution in [2.24, 2.45) is 0 Å². The van der Waals surface area contributed by atoms with Crippen molar-refractivity contribution in [2.45, 2.75) is 13.0 Å². The number of pyridine rings is 1. The first-order valence-corrected chi connectivity index (χ1v) is 6.97. The number of nitrogens with zero attached hydrogens (tertiary/aromatic N) is 1. The van der Waals surface area contributed by atoms with Crippen molar-refractivity contribution in [1.82, 2.24) is 4.98 Å². The van der Waals surface area contributed by atoms with E-state index in [4.69, 9.17) is 5.11 Å². The molecule has 94 valence electrons. The largest absolute Gasteiger partial charge is 0.477 e. The van der Waals surface area contributed by atoms with E-state index in [-0.39, 0.29) is 17.5 Å². The van der Waals surface area contributed by atoms with Crippen LogP contribution in [-0.2, 0) is 9.84 Å². The Balaban J connectivity index is 2.66. The van der Waals surface area contributed by atoms with E-state index in [9.17, 15) is 13.2 Å². The van der Waals surface area contributed by atoms with Crippen LogP contribution in [-0.4, -0.2) is 42.5 Å². The number of hydrogen-bond acceptors (Lipinski definition) is 5. The second-order valence-electron chi connectivity index (χ2n) is 3.88. The summed E-state index contributed by atoms with van der Waals surface area (Å²) in [6.45, 7) is 1.73. The van der Waals surface area contributed by atoms with Crippen LogP contribution in [0.2, 0.25) is 0 Å². The van der Waals surface area contributed by atoms with Crippen LogP contribution in [0.1, 0.15) is 17.4 Å². The van der Waals surface area contributed by atoms with Crippen molar-refractivity contribution in [3.8, 4) is 0 Å². The summed E-state index contributed by atoms with van der Waals surface area (Å²) >= 11 is 0. The summed E-state index contributed by atoms with van der Waals surface area (Å²) < 4.78 is 22.1. The predicted molar refractivity (Wildman–Crippen MR) is 64.0 cm³/mol. The molecule has 0 bridgehead atoms. The third kappa shape index (κ3) is 4.81. The number of carbonyl (C=O) groups is 1. The van der Waals surface area contributed by atoms with Gasteiger partial charge in [0.2, 0.25) is 0 Å². The van der Waals surface area contributed by atoms with E-state index in [0.29, 0.717) is 5.69 Å². The van der Waals surface area contributed by atoms with Gasteiger partial charge in [0.05, 0.1) is 17.6 Å². The van der Waals surface area contributed by atoms with E-state index in [0.717, 1.165) is 6.26 Å². The first-order valence-electron chi connectivity index (χ1n) is 4.91. The summed E-state index contributed by atoms with van der Waals surface area (Å²) in [4.78, 5) is 14.3. The quantitative estimate of drug-likeness (QED) is 0.804. The minimum atomic E-state index is -3.04. The van der Waals surface area contributed by atoms with Crippen molar-refractivity contribution in [3.63, 3.8) is 0 Å². The number of hydrogen-bond donors (Lipinski definition) is 2. The molecule has 0 aliphatic rings. The Bertz CT molecular complexity index is 496. The van der Waals surface area contributed by atoms with Gasteiger partial charge in [0.1, 0.15) is 15.5 Å². The molecule has 1 aromatic rings. The minimum Gasteiger partial charge on any atom is -0.477 e. The number of nitrogens with one attached hydrogen (secondary N) is 1. The molecule has 1 atom stereocenters. The predicted octanol–water partition coefficient (Wildman–Crippen LogP) is 0.625. The summed E-state index contributed by atoms with van der Waals surface area (Å²) in [7, 11) is -3.04. The molecule has 0 spiro atoms. The maximum Gasteiger partial charge on any atom is 0.354 e. The number of carboxylic acids is 1. The Morgan fingerprint density at radius 2 is 2.18 bits per heavy atom. The molecule has 1 unspecified atom stereocenters. The molecule has 1 rings (SSSR count). The molecule has 0 aromatic carbocycles. The molecule has 0 aliphatic heterocycles. The van der Waals surface area contributed by atoms with E-state index in [2.05, 4.69) is 10.3 Å². The standard InChI is InChI=1S/C10H14N2O4S/c1-7(6-17(2,15)16)12-8-3-4-9(10(13)14)11-5-8/h3-5,7,12H,6H2,1-2H3,(H,13,14). The third-order valence-corrected chi connectivity index (χ3v) is 3.05. The highest BCUT2D eigenvalue weighted by molar-refractivity contribution is 7.90. The highest BCUT2D eigenvalue weighted by Gasteiger charge is 2.10. The summed E-state index contributed by atoms with van der Waals surface area (Å²) in [6, 6.07) is 2.65. The lowest BCUT2D eigenvalue weighted by Gasteiger charge is -2.13. The summed E-state index contributed by atoms with van der Waals surface area (Å²) in [5, 5.41) is 11.6. The topological polar surface area (TPSA) is 96.4 Å². The first kappa shape index (κ1) is 13.4. The fourth-order valence-corrected chi connectivity index (χ4v) is 2.38. The zero-order valence-electron chi connectivity index (χ0n) is 9.54. The van der Waals surface area contributed by atoms with Gasteiger partial charge in [-0.2, -0.15) is 0 Å². The van der Waals surface area contributed by atoms with Crippen molar-refractivity contribution >= 4 is 21.5 Å². The number of carboxylic acid groups (broad SMARTS) is 1. The van der Waals surface area contributed by atoms with Gasteiger partial charge in [-0.25, -0.2) is 18.2 Å². The van der Waals surface area contributed by atoms with Crippen LogP contribution in [0.5, 0.6) is 0 Å². The van der Waals surface area contributed by atoms with Crippen molar-refractivity contribution in [2.75, 3.05) is 17.3 Å². The Labute approximate surface area is 99.6 Å². The van der Waals surface area contributed by atoms with Crippen LogP contribution in [0.4, 0.5) is 5.69 Å². The van der Waals surface area contributed by atoms with Crippen LogP contribution >= 0.6 is 0 Å². The second kappa shape index (κ2) is 5.13. The SMILES string of the molecule is CC(CS(C)(=O)=O)Nc1ccc(C(=O)O)nc1. The van der Waals surface area contributed by atoms with Crippen LogP contribution in [0.15, 0.2) is 18.3 Å². The van der Waals surface area contributed by atoms with Gasteiger partial charge in [-0.05, 0) is 19.1 Å². The van der Waals surface area contributed by atoms with Gasteiger partial charge < -0.3 is 10.4 Å². The molecule has 0 amide bonds. The molecular weight excluding hydrogens is 244 g/mol. The van der Waals surface area contributed by atoms with Gasteiger partial charge in [0.25, 0.3) is 0 Å². The monoisotopic (exact) mass is 258 g/mol. The molecule has 0 fully saturated rings. The normalized spacial score (nSPS) is 13.1. The van der Waals surface area contributed by atoms with E-state index in [1.54, 1.807) is 13.0 Å². The number of aromatic nitrogens is 1. The second-order valence-corrected chi connectivity index (χ2v) is 6.06. The first-order chi connectivity index (χ1) is 7.78. The fourth-order valence-electron chi connectivity index (χ4n) is 1.39. The summed E-state index contributed by atoms with van der Waals surface area (Å²) in [5.41, 5.74) is 0.539. The zero-order valence-corrected chi connectivity index (χ0v) is 10.4. The maximum atomic E-state index is 11.0. The molecular formula is C10H14N2O4S. The number of aromatic carboxylic acids is 1. The van der Waals surface area contributed by atoms with Crippen LogP contribution in [0.3, 0.4) is 0 Å². The summed E-state index contributed by atoms with van der Waals surface area (Å²) in [6.07, 6.45) is 2.53. The Hall–Kier alpha value is -1.63. The van der Waals surface area contributed by atoms with Crippen molar-refractivity contribution in [3.05, 3.63) is 24.0 Å². The molecule has 7 heteroatoms. The zero-order chi connectivity index (χ0) is 13.1. The molecule has 1 aromatic heterocycles. The highest BCUT2D eigenvalue weighted by Crippen LogP contribution is 2.08. The lowest BCUT2D eigenvalue weighted by Crippen LogP contribution is -2.25. The van der Waals surface area contributed by atoms with Gasteiger partial charge in [-0.3, -0.25) is 0 Å². The molecule has 0 radical (unpaired) electrons. The van der Waals surface area contributed by atoms with Gasteiger partial charge >= 0.3 is 5.97 Å². The molecule has 0 saturated heterocycles. The van der Waals surface area contributed by atoms with E-state index in [1.165, 1.54) is 12.3 Å². The average molecular weight is 258 g/mol. The van der Waals surface area contributed by atoms with Gasteiger partial charge in [-0.15, -0.1) is 0 Å². The van der Waals surface area contributed by atoms with E-state index < -0.39 is 15.8 Å². The molecule has 2 N–H and O–H groups in total. The van der Waals surface area contributed by atoms with Crippen molar-refractivity contribution < 1.29 is 18.3 Å². The molecule has 0 saturated carbocycles. The van der Waals surface area contributed by atoms with E-state index >= 15 is 0 Å². The lowest BCUT2D eigenvalue weighted by molar-refractivity contribution is 0.0690. The van der Waals surface area contributed by atoms with Gasteiger partial charge in [-0.1, -0.05) is 0 Å². The summed E-state index contributed by atoms with van der Waals surface area (Å²) in [5.74, 6) is -1.09. The fraction of sp³-hybridized carbons (Fsp3) is 0.400. The Morgan fingerprint density at radius 1 is 1.53 bits per heavy atom. The minimum absolute atomic E-state index is 0.00762. The van der Waals surface area contributed by atoms with E-state index in [1.807, 2.05) is 0 Å². The van der Waals surface area contributed by atoms with Crippen molar-refractivity contribution in [1.29, 1.82) is 0 Å². The number of anilines is 1. The molecule has 6 nitrogen and oxygen atoms in total. The smallest absolute Gasteiger partial charge is 0.354 e. The lowest BCUT2D eigenvalue weighted by atomic mass is 10.3. The number of rotatable bonds is 5. The van der Waals surface area contributed by atoms with Crippen LogP contribution < -0.4 is 5.32 Å². The van der Waals surface area contributed by atoms with Crippen LogP contribution in [0, 0.1) is 0 Å². The number of sulfone groups is 1. The molecule has 0 aliphatic carbocycles. The third-order valence-electron chi connectivity index (χ3n) is 1.95.